The van der Waals surface area contributed by atoms with Crippen molar-refractivity contribution in [3.8, 4) is 0 Å². The van der Waals surface area contributed by atoms with Crippen LogP contribution in [0.25, 0.3) is 0 Å². The van der Waals surface area contributed by atoms with Crippen molar-refractivity contribution in [2.24, 2.45) is 0 Å². The molecule has 0 saturated carbocycles. The van der Waals surface area contributed by atoms with Gasteiger partial charge in [-0.3, -0.25) is 4.79 Å². The summed E-state index contributed by atoms with van der Waals surface area (Å²) < 4.78 is 38.1. The monoisotopic (exact) mass is 459 g/mol. The number of thiophene rings is 1. The number of anilines is 1. The van der Waals surface area contributed by atoms with E-state index >= 15 is 0 Å². The van der Waals surface area contributed by atoms with Crippen molar-refractivity contribution < 1.29 is 18.0 Å². The lowest BCUT2D eigenvalue weighted by Crippen LogP contribution is -2.11. The highest BCUT2D eigenvalue weighted by molar-refractivity contribution is 9.12. The molecule has 1 aromatic carbocycles. The van der Waals surface area contributed by atoms with Gasteiger partial charge < -0.3 is 5.32 Å². The van der Waals surface area contributed by atoms with E-state index in [0.717, 1.165) is 3.79 Å². The minimum atomic E-state index is -4.32. The molecule has 9 heteroatoms. The van der Waals surface area contributed by atoms with E-state index in [1.807, 2.05) is 0 Å². The van der Waals surface area contributed by atoms with Gasteiger partial charge in [-0.2, -0.15) is 13.2 Å². The maximum atomic E-state index is 12.2. The third-order valence-corrected chi connectivity index (χ3v) is 5.33. The first-order valence-electron chi connectivity index (χ1n) is 5.36. The number of halogens is 5. The zero-order valence-electron chi connectivity index (χ0n) is 10.0. The highest BCUT2D eigenvalue weighted by Gasteiger charge is 2.29. The van der Waals surface area contributed by atoms with Gasteiger partial charge in [-0.05, 0) is 74.0 Å². The lowest BCUT2D eigenvalue weighted by Gasteiger charge is -2.07. The molecule has 1 heterocycles. The van der Waals surface area contributed by atoms with E-state index < -0.39 is 5.51 Å². The number of carbonyl (C=O) groups is 1. The molecular weight excluding hydrogens is 455 g/mol. The molecule has 0 atom stereocenters. The number of rotatable bonds is 3. The van der Waals surface area contributed by atoms with Gasteiger partial charge in [0.1, 0.15) is 0 Å². The zero-order valence-corrected chi connectivity index (χ0v) is 14.8. The predicted molar refractivity (Wildman–Crippen MR) is 86.0 cm³/mol. The molecule has 1 amide bonds. The van der Waals surface area contributed by atoms with Crippen molar-refractivity contribution in [3.05, 3.63) is 43.5 Å². The van der Waals surface area contributed by atoms with Gasteiger partial charge in [0.25, 0.3) is 5.91 Å². The predicted octanol–water partition coefficient (Wildman–Crippen LogP) is 6.14. The molecule has 0 spiro atoms. The van der Waals surface area contributed by atoms with Crippen LogP contribution in [0.1, 0.15) is 10.4 Å². The van der Waals surface area contributed by atoms with Crippen LogP contribution in [0.2, 0.25) is 0 Å². The summed E-state index contributed by atoms with van der Waals surface area (Å²) >= 11 is 7.72. The van der Waals surface area contributed by atoms with Crippen molar-refractivity contribution in [2.75, 3.05) is 5.32 Å². The molecular formula is C12H6Br2F3NOS2. The summed E-state index contributed by atoms with van der Waals surface area (Å²) in [5.41, 5.74) is -3.43. The second kappa shape index (κ2) is 6.72. The fourth-order valence-corrected chi connectivity index (χ4v) is 4.77. The van der Waals surface area contributed by atoms with Crippen molar-refractivity contribution in [1.29, 1.82) is 0 Å². The molecule has 0 aliphatic carbocycles. The Labute approximate surface area is 143 Å². The molecule has 1 aromatic heterocycles. The normalized spacial score (nSPS) is 11.5. The number of hydrogen-bond donors (Lipinski definition) is 1. The summed E-state index contributed by atoms with van der Waals surface area (Å²) in [4.78, 5) is 12.1. The van der Waals surface area contributed by atoms with E-state index in [9.17, 15) is 18.0 Å². The van der Waals surface area contributed by atoms with Crippen molar-refractivity contribution in [1.82, 2.24) is 0 Å². The number of carbonyl (C=O) groups excluding carboxylic acids is 1. The van der Waals surface area contributed by atoms with Gasteiger partial charge in [0, 0.05) is 10.6 Å². The highest BCUT2D eigenvalue weighted by atomic mass is 79.9. The van der Waals surface area contributed by atoms with Gasteiger partial charge in [-0.25, -0.2) is 0 Å². The molecule has 2 aromatic rings. The second-order valence-electron chi connectivity index (χ2n) is 3.76. The van der Waals surface area contributed by atoms with Crippen LogP contribution in [0.15, 0.2) is 42.8 Å². The van der Waals surface area contributed by atoms with E-state index in [4.69, 9.17) is 0 Å². The Bertz CT molecular complexity index is 656. The number of nitrogens with one attached hydrogen (secondary N) is 1. The Morgan fingerprint density at radius 2 is 1.81 bits per heavy atom. The number of thioether (sulfide) groups is 1. The van der Waals surface area contributed by atoms with Gasteiger partial charge in [0.05, 0.1) is 13.1 Å². The average Bonchev–Trinajstić information content (AvgIpc) is 2.69. The van der Waals surface area contributed by atoms with Crippen LogP contribution in [-0.4, -0.2) is 11.4 Å². The number of benzene rings is 1. The average molecular weight is 461 g/mol. The summed E-state index contributed by atoms with van der Waals surface area (Å²) in [6.45, 7) is 0. The topological polar surface area (TPSA) is 29.1 Å². The third kappa shape index (κ3) is 5.01. The van der Waals surface area contributed by atoms with Gasteiger partial charge in [0.2, 0.25) is 0 Å². The number of hydrogen-bond acceptors (Lipinski definition) is 3. The maximum Gasteiger partial charge on any atom is 0.446 e. The molecule has 1 N–H and O–H groups in total. The van der Waals surface area contributed by atoms with E-state index in [0.29, 0.717) is 15.0 Å². The first-order chi connectivity index (χ1) is 9.74. The number of amides is 1. The minimum Gasteiger partial charge on any atom is -0.322 e. The maximum absolute atomic E-state index is 12.2. The Morgan fingerprint density at radius 3 is 2.29 bits per heavy atom. The first-order valence-corrected chi connectivity index (χ1v) is 8.58. The van der Waals surface area contributed by atoms with Crippen molar-refractivity contribution in [3.63, 3.8) is 0 Å². The van der Waals surface area contributed by atoms with Gasteiger partial charge in [-0.1, -0.05) is 0 Å². The van der Waals surface area contributed by atoms with Crippen LogP contribution in [0.5, 0.6) is 0 Å². The molecule has 0 aliphatic heterocycles. The first kappa shape index (κ1) is 16.9. The van der Waals surface area contributed by atoms with Crippen LogP contribution >= 0.6 is 55.0 Å². The van der Waals surface area contributed by atoms with Crippen LogP contribution in [0, 0.1) is 0 Å². The minimum absolute atomic E-state index is 0.0694. The SMILES string of the molecule is O=C(Nc1ccc(SC(F)(F)F)cc1)c1cc(Br)sc1Br. The lowest BCUT2D eigenvalue weighted by atomic mass is 10.3. The molecule has 0 fully saturated rings. The fourth-order valence-electron chi connectivity index (χ4n) is 1.43. The molecule has 0 bridgehead atoms. The van der Waals surface area contributed by atoms with Gasteiger partial charge in [-0.15, -0.1) is 11.3 Å². The lowest BCUT2D eigenvalue weighted by molar-refractivity contribution is -0.0328. The summed E-state index contributed by atoms with van der Waals surface area (Å²) in [6, 6.07) is 7.15. The van der Waals surface area contributed by atoms with Crippen molar-refractivity contribution >= 4 is 66.6 Å². The van der Waals surface area contributed by atoms with E-state index in [2.05, 4.69) is 37.2 Å². The molecule has 2 nitrogen and oxygen atoms in total. The molecule has 0 saturated heterocycles. The quantitative estimate of drug-likeness (QED) is 0.557. The van der Waals surface area contributed by atoms with Gasteiger partial charge >= 0.3 is 5.51 Å². The second-order valence-corrected chi connectivity index (χ2v) is 8.65. The van der Waals surface area contributed by atoms with Crippen molar-refractivity contribution in [2.45, 2.75) is 10.4 Å². The zero-order chi connectivity index (χ0) is 15.6. The highest BCUT2D eigenvalue weighted by Crippen LogP contribution is 2.37. The Balaban J connectivity index is 2.07. The number of alkyl halides is 3. The van der Waals surface area contributed by atoms with Crippen LogP contribution in [-0.2, 0) is 0 Å². The molecule has 0 radical (unpaired) electrons. The van der Waals surface area contributed by atoms with Crippen LogP contribution in [0.4, 0.5) is 18.9 Å². The molecule has 0 aliphatic rings. The Kier molecular flexibility index (Phi) is 5.39. The van der Waals surface area contributed by atoms with Gasteiger partial charge in [0.15, 0.2) is 0 Å². The molecule has 2 rings (SSSR count). The van der Waals surface area contributed by atoms with E-state index in [-0.39, 0.29) is 22.6 Å². The summed E-state index contributed by atoms with van der Waals surface area (Å²) in [5.74, 6) is -0.333. The fraction of sp³-hybridized carbons (Fsp3) is 0.0833. The third-order valence-electron chi connectivity index (χ3n) is 2.25. The van der Waals surface area contributed by atoms with Crippen LogP contribution in [0.3, 0.4) is 0 Å². The largest absolute Gasteiger partial charge is 0.446 e. The summed E-state index contributed by atoms with van der Waals surface area (Å²) in [6.07, 6.45) is 0. The van der Waals surface area contributed by atoms with E-state index in [1.54, 1.807) is 6.07 Å². The molecule has 0 unspecified atom stereocenters. The summed E-state index contributed by atoms with van der Waals surface area (Å²) in [7, 11) is 0. The standard InChI is InChI=1S/C12H6Br2F3NOS2/c13-9-5-8(10(14)20-9)11(19)18-6-1-3-7(4-2-6)21-12(15,16)17/h1-5H,(H,18,19). The Morgan fingerprint density at radius 1 is 1.19 bits per heavy atom. The van der Waals surface area contributed by atoms with Crippen LogP contribution < -0.4 is 5.32 Å². The Hall–Kier alpha value is -0.510. The smallest absolute Gasteiger partial charge is 0.322 e. The molecule has 21 heavy (non-hydrogen) atoms. The molecule has 112 valence electrons. The summed E-state index contributed by atoms with van der Waals surface area (Å²) in [5, 5.41) is 2.63. The van der Waals surface area contributed by atoms with E-state index in [1.165, 1.54) is 35.6 Å².